The van der Waals surface area contributed by atoms with Crippen LogP contribution >= 0.6 is 11.8 Å². The summed E-state index contributed by atoms with van der Waals surface area (Å²) in [6, 6.07) is 16.5. The van der Waals surface area contributed by atoms with Crippen LogP contribution in [0.2, 0.25) is 0 Å². The Morgan fingerprint density at radius 3 is 2.54 bits per heavy atom. The molecule has 1 atom stereocenters. The van der Waals surface area contributed by atoms with E-state index in [1.54, 1.807) is 11.8 Å². The predicted octanol–water partition coefficient (Wildman–Crippen LogP) is 4.76. The van der Waals surface area contributed by atoms with Gasteiger partial charge in [-0.3, -0.25) is 9.36 Å². The summed E-state index contributed by atoms with van der Waals surface area (Å²) in [5.41, 5.74) is 4.68. The van der Waals surface area contributed by atoms with Crippen molar-refractivity contribution in [1.82, 2.24) is 20.1 Å². The second kappa shape index (κ2) is 9.06. The highest BCUT2D eigenvalue weighted by Crippen LogP contribution is 2.28. The molecule has 1 aromatic heterocycles. The van der Waals surface area contributed by atoms with Gasteiger partial charge in [0.1, 0.15) is 0 Å². The lowest BCUT2D eigenvalue weighted by atomic mass is 10.2. The Balaban J connectivity index is 1.92. The number of amides is 1. The highest BCUT2D eigenvalue weighted by atomic mass is 32.2. The molecule has 0 spiro atoms. The first-order valence-corrected chi connectivity index (χ1v) is 10.5. The van der Waals surface area contributed by atoms with Gasteiger partial charge >= 0.3 is 0 Å². The molecular formula is C22H26N4OS. The van der Waals surface area contributed by atoms with Gasteiger partial charge in [0, 0.05) is 17.9 Å². The van der Waals surface area contributed by atoms with Crippen molar-refractivity contribution in [2.45, 2.75) is 51.1 Å². The third-order valence-corrected chi connectivity index (χ3v) is 5.49. The number of aryl methyl sites for hydroxylation is 2. The van der Waals surface area contributed by atoms with Gasteiger partial charge in [-0.25, -0.2) is 0 Å². The Morgan fingerprint density at radius 1 is 1.11 bits per heavy atom. The second-order valence-electron chi connectivity index (χ2n) is 6.93. The topological polar surface area (TPSA) is 59.8 Å². The Morgan fingerprint density at radius 2 is 1.86 bits per heavy atom. The van der Waals surface area contributed by atoms with Crippen molar-refractivity contribution in [2.24, 2.45) is 0 Å². The third-order valence-electron chi connectivity index (χ3n) is 4.49. The molecule has 5 nitrogen and oxygen atoms in total. The van der Waals surface area contributed by atoms with E-state index in [-0.39, 0.29) is 11.9 Å². The summed E-state index contributed by atoms with van der Waals surface area (Å²) >= 11 is 1.65. The summed E-state index contributed by atoms with van der Waals surface area (Å²) < 4.78 is 2.04. The summed E-state index contributed by atoms with van der Waals surface area (Å²) in [6.07, 6.45) is 0.442. The van der Waals surface area contributed by atoms with Gasteiger partial charge in [-0.05, 0) is 38.5 Å². The van der Waals surface area contributed by atoms with Gasteiger partial charge in [-0.2, -0.15) is 0 Å². The SMILES string of the molecule is CCC(=O)N[C@@H](C)c1nnc(SCc2cccc(C)c2)n1-c1ccc(C)cc1. The average molecular weight is 395 g/mol. The van der Waals surface area contributed by atoms with E-state index in [4.69, 9.17) is 0 Å². The van der Waals surface area contributed by atoms with Crippen molar-refractivity contribution >= 4 is 17.7 Å². The molecule has 0 saturated heterocycles. The van der Waals surface area contributed by atoms with Crippen LogP contribution in [0, 0.1) is 13.8 Å². The first-order valence-electron chi connectivity index (χ1n) is 9.48. The molecule has 0 unspecified atom stereocenters. The Kier molecular flexibility index (Phi) is 6.52. The lowest BCUT2D eigenvalue weighted by molar-refractivity contribution is -0.121. The summed E-state index contributed by atoms with van der Waals surface area (Å²) in [5.74, 6) is 1.54. The van der Waals surface area contributed by atoms with E-state index in [9.17, 15) is 4.79 Å². The number of benzene rings is 2. The maximum atomic E-state index is 11.9. The van der Waals surface area contributed by atoms with Crippen LogP contribution in [-0.2, 0) is 10.5 Å². The van der Waals surface area contributed by atoms with Gasteiger partial charge in [0.2, 0.25) is 5.91 Å². The molecule has 1 amide bonds. The largest absolute Gasteiger partial charge is 0.346 e. The van der Waals surface area contributed by atoms with E-state index in [1.807, 2.05) is 18.4 Å². The van der Waals surface area contributed by atoms with Crippen molar-refractivity contribution in [3.05, 3.63) is 71.0 Å². The van der Waals surface area contributed by atoms with Crippen molar-refractivity contribution in [1.29, 1.82) is 0 Å². The smallest absolute Gasteiger partial charge is 0.220 e. The van der Waals surface area contributed by atoms with E-state index >= 15 is 0 Å². The number of aromatic nitrogens is 3. The number of nitrogens with one attached hydrogen (secondary N) is 1. The molecule has 0 aliphatic carbocycles. The number of thioether (sulfide) groups is 1. The monoisotopic (exact) mass is 394 g/mol. The zero-order valence-corrected chi connectivity index (χ0v) is 17.6. The van der Waals surface area contributed by atoms with Crippen LogP contribution in [0.4, 0.5) is 0 Å². The van der Waals surface area contributed by atoms with Crippen molar-refractivity contribution in [3.8, 4) is 5.69 Å². The summed E-state index contributed by atoms with van der Waals surface area (Å²) in [7, 11) is 0. The summed E-state index contributed by atoms with van der Waals surface area (Å²) in [6.45, 7) is 7.95. The molecule has 0 radical (unpaired) electrons. The second-order valence-corrected chi connectivity index (χ2v) is 7.87. The van der Waals surface area contributed by atoms with Gasteiger partial charge in [0.25, 0.3) is 0 Å². The first-order chi connectivity index (χ1) is 13.5. The molecule has 0 fully saturated rings. The first kappa shape index (κ1) is 20.1. The standard InChI is InChI=1S/C22H26N4OS/c1-5-20(27)23-17(4)21-24-25-22(26(21)19-11-9-15(2)10-12-19)28-14-18-8-6-7-16(3)13-18/h6-13,17H,5,14H2,1-4H3,(H,23,27)/t17-/m0/s1. The van der Waals surface area contributed by atoms with Gasteiger partial charge < -0.3 is 5.32 Å². The highest BCUT2D eigenvalue weighted by molar-refractivity contribution is 7.98. The Labute approximate surface area is 170 Å². The van der Waals surface area contributed by atoms with Crippen LogP contribution in [-0.4, -0.2) is 20.7 Å². The quantitative estimate of drug-likeness (QED) is 0.587. The molecule has 3 rings (SSSR count). The van der Waals surface area contributed by atoms with Crippen LogP contribution < -0.4 is 5.32 Å². The maximum absolute atomic E-state index is 11.9. The van der Waals surface area contributed by atoms with Crippen molar-refractivity contribution in [2.75, 3.05) is 0 Å². The fraction of sp³-hybridized carbons (Fsp3) is 0.318. The lowest BCUT2D eigenvalue weighted by Crippen LogP contribution is -2.27. The van der Waals surface area contributed by atoms with Crippen LogP contribution in [0.3, 0.4) is 0 Å². The Bertz CT molecular complexity index is 949. The normalized spacial score (nSPS) is 12.0. The minimum absolute atomic E-state index is 0.0000741. The number of nitrogens with zero attached hydrogens (tertiary/aromatic N) is 3. The number of carbonyl (C=O) groups excluding carboxylic acids is 1. The molecule has 0 aliphatic heterocycles. The van der Waals surface area contributed by atoms with Gasteiger partial charge in [-0.1, -0.05) is 66.2 Å². The molecule has 3 aromatic rings. The fourth-order valence-electron chi connectivity index (χ4n) is 2.95. The zero-order valence-electron chi connectivity index (χ0n) is 16.8. The van der Waals surface area contributed by atoms with Crippen LogP contribution in [0.25, 0.3) is 5.69 Å². The molecule has 1 N–H and O–H groups in total. The highest BCUT2D eigenvalue weighted by Gasteiger charge is 2.20. The number of rotatable bonds is 7. The molecule has 2 aromatic carbocycles. The van der Waals surface area contributed by atoms with Crippen molar-refractivity contribution < 1.29 is 4.79 Å². The minimum Gasteiger partial charge on any atom is -0.346 e. The number of carbonyl (C=O) groups is 1. The van der Waals surface area contributed by atoms with Crippen LogP contribution in [0.5, 0.6) is 0 Å². The molecule has 0 bridgehead atoms. The maximum Gasteiger partial charge on any atom is 0.220 e. The fourth-order valence-corrected chi connectivity index (χ4v) is 3.85. The number of hydrogen-bond donors (Lipinski definition) is 1. The van der Waals surface area contributed by atoms with E-state index < -0.39 is 0 Å². The summed E-state index contributed by atoms with van der Waals surface area (Å²) in [4.78, 5) is 11.9. The van der Waals surface area contributed by atoms with Crippen LogP contribution in [0.1, 0.15) is 48.8 Å². The predicted molar refractivity (Wildman–Crippen MR) is 114 cm³/mol. The van der Waals surface area contributed by atoms with E-state index in [0.717, 1.165) is 22.4 Å². The van der Waals surface area contributed by atoms with E-state index in [1.165, 1.54) is 16.7 Å². The van der Waals surface area contributed by atoms with Crippen LogP contribution in [0.15, 0.2) is 53.7 Å². The molecule has 0 aliphatic rings. The molecule has 146 valence electrons. The van der Waals surface area contributed by atoms with Gasteiger partial charge in [-0.15, -0.1) is 10.2 Å². The summed E-state index contributed by atoms with van der Waals surface area (Å²) in [5, 5.41) is 12.6. The zero-order chi connectivity index (χ0) is 20.1. The minimum atomic E-state index is -0.227. The van der Waals surface area contributed by atoms with E-state index in [0.29, 0.717) is 6.42 Å². The molecular weight excluding hydrogens is 368 g/mol. The van der Waals surface area contributed by atoms with Crippen molar-refractivity contribution in [3.63, 3.8) is 0 Å². The lowest BCUT2D eigenvalue weighted by Gasteiger charge is -2.16. The molecule has 6 heteroatoms. The average Bonchev–Trinajstić information content (AvgIpc) is 3.11. The molecule has 0 saturated carbocycles. The van der Waals surface area contributed by atoms with Gasteiger partial charge in [0.15, 0.2) is 11.0 Å². The molecule has 28 heavy (non-hydrogen) atoms. The third kappa shape index (κ3) is 4.81. The Hall–Kier alpha value is -2.60. The van der Waals surface area contributed by atoms with Gasteiger partial charge in [0.05, 0.1) is 6.04 Å². The van der Waals surface area contributed by atoms with E-state index in [2.05, 4.69) is 77.9 Å². The number of hydrogen-bond acceptors (Lipinski definition) is 4. The molecule has 1 heterocycles.